The Morgan fingerprint density at radius 2 is 2.21 bits per heavy atom. The van der Waals surface area contributed by atoms with E-state index in [-0.39, 0.29) is 11.7 Å². The number of thioether (sulfide) groups is 1. The van der Waals surface area contributed by atoms with Gasteiger partial charge >= 0.3 is 0 Å². The van der Waals surface area contributed by atoms with Gasteiger partial charge in [-0.2, -0.15) is 0 Å². The Balaban J connectivity index is 1.24. The standard InChI is InChI=1S/C19H19N7OS2/c27-17(11-29-19-23-24-25-26(19)13-4-1-2-5-13)20-12-7-8-14-15(10-12)22-18(21-14)16-6-3-9-28-16/h3,6-10,13H,1-2,4-5,11H2,(H,20,27)(H,21,22). The maximum absolute atomic E-state index is 12.4. The zero-order valence-electron chi connectivity index (χ0n) is 15.5. The summed E-state index contributed by atoms with van der Waals surface area (Å²) in [5.74, 6) is 1.01. The molecule has 2 N–H and O–H groups in total. The number of rotatable bonds is 6. The molecular weight excluding hydrogens is 406 g/mol. The predicted molar refractivity (Wildman–Crippen MR) is 114 cm³/mol. The number of hydrogen-bond acceptors (Lipinski definition) is 7. The van der Waals surface area contributed by atoms with E-state index in [9.17, 15) is 4.79 Å². The summed E-state index contributed by atoms with van der Waals surface area (Å²) in [6, 6.07) is 10.1. The molecule has 0 radical (unpaired) electrons. The molecular formula is C19H19N7OS2. The number of amides is 1. The number of aromatic amines is 1. The first-order chi connectivity index (χ1) is 14.3. The van der Waals surface area contributed by atoms with Crippen LogP contribution in [0.3, 0.4) is 0 Å². The van der Waals surface area contributed by atoms with E-state index >= 15 is 0 Å². The number of tetrazole rings is 1. The fraction of sp³-hybridized carbons (Fsp3) is 0.316. The Kier molecular flexibility index (Phi) is 5.03. The molecule has 0 saturated heterocycles. The molecule has 8 nitrogen and oxygen atoms in total. The summed E-state index contributed by atoms with van der Waals surface area (Å²) in [6.45, 7) is 0. The molecule has 4 aromatic rings. The zero-order valence-corrected chi connectivity index (χ0v) is 17.2. The number of benzene rings is 1. The molecule has 1 saturated carbocycles. The number of anilines is 1. The molecule has 1 aliphatic carbocycles. The molecule has 0 unspecified atom stereocenters. The number of aromatic nitrogens is 6. The van der Waals surface area contributed by atoms with Gasteiger partial charge in [-0.1, -0.05) is 30.7 Å². The molecule has 1 aliphatic rings. The first-order valence-corrected chi connectivity index (χ1v) is 11.4. The summed E-state index contributed by atoms with van der Waals surface area (Å²) in [7, 11) is 0. The second kappa shape index (κ2) is 7.96. The topological polar surface area (TPSA) is 101 Å². The molecule has 0 atom stereocenters. The number of imidazole rings is 1. The van der Waals surface area contributed by atoms with Crippen molar-refractivity contribution in [2.75, 3.05) is 11.1 Å². The number of carbonyl (C=O) groups excluding carboxylic acids is 1. The fourth-order valence-electron chi connectivity index (χ4n) is 3.60. The Morgan fingerprint density at radius 3 is 3.03 bits per heavy atom. The Labute approximate surface area is 175 Å². The van der Waals surface area contributed by atoms with Crippen LogP contribution in [-0.4, -0.2) is 41.8 Å². The first-order valence-electron chi connectivity index (χ1n) is 9.50. The van der Waals surface area contributed by atoms with Crippen LogP contribution in [0, 0.1) is 0 Å². The Bertz CT molecular complexity index is 1130. The molecule has 5 rings (SSSR count). The minimum Gasteiger partial charge on any atom is -0.337 e. The Morgan fingerprint density at radius 1 is 1.31 bits per heavy atom. The monoisotopic (exact) mass is 425 g/mol. The van der Waals surface area contributed by atoms with Gasteiger partial charge in [0, 0.05) is 5.69 Å². The van der Waals surface area contributed by atoms with Gasteiger partial charge in [-0.15, -0.1) is 16.4 Å². The minimum absolute atomic E-state index is 0.0895. The summed E-state index contributed by atoms with van der Waals surface area (Å²) in [5.41, 5.74) is 2.50. The van der Waals surface area contributed by atoms with Gasteiger partial charge in [-0.3, -0.25) is 4.79 Å². The summed E-state index contributed by atoms with van der Waals surface area (Å²) in [6.07, 6.45) is 4.61. The molecule has 1 fully saturated rings. The number of nitrogens with zero attached hydrogens (tertiary/aromatic N) is 5. The third-order valence-electron chi connectivity index (χ3n) is 4.99. The summed E-state index contributed by atoms with van der Waals surface area (Å²) in [4.78, 5) is 21.4. The molecule has 10 heteroatoms. The summed E-state index contributed by atoms with van der Waals surface area (Å²) < 4.78 is 1.87. The number of thiophene rings is 1. The van der Waals surface area contributed by atoms with Gasteiger partial charge in [-0.05, 0) is 52.9 Å². The molecule has 3 heterocycles. The number of H-pyrrole nitrogens is 1. The van der Waals surface area contributed by atoms with Gasteiger partial charge in [0.15, 0.2) is 0 Å². The zero-order chi connectivity index (χ0) is 19.6. The quantitative estimate of drug-likeness (QED) is 0.451. The molecule has 0 aliphatic heterocycles. The van der Waals surface area contributed by atoms with Crippen LogP contribution in [0.4, 0.5) is 5.69 Å². The molecule has 1 aromatic carbocycles. The van der Waals surface area contributed by atoms with Crippen LogP contribution in [0.5, 0.6) is 0 Å². The van der Waals surface area contributed by atoms with E-state index in [1.165, 1.54) is 24.6 Å². The second-order valence-corrected chi connectivity index (χ2v) is 8.87. The number of carbonyl (C=O) groups is 1. The van der Waals surface area contributed by atoms with E-state index in [0.29, 0.717) is 11.2 Å². The highest BCUT2D eigenvalue weighted by molar-refractivity contribution is 7.99. The van der Waals surface area contributed by atoms with Gasteiger partial charge in [0.1, 0.15) is 5.82 Å². The number of fused-ring (bicyclic) bond motifs is 1. The van der Waals surface area contributed by atoms with Crippen LogP contribution in [0.2, 0.25) is 0 Å². The molecule has 29 heavy (non-hydrogen) atoms. The van der Waals surface area contributed by atoms with E-state index in [2.05, 4.69) is 30.8 Å². The van der Waals surface area contributed by atoms with Crippen molar-refractivity contribution < 1.29 is 4.79 Å². The van der Waals surface area contributed by atoms with Crippen molar-refractivity contribution in [3.8, 4) is 10.7 Å². The van der Waals surface area contributed by atoms with Gasteiger partial charge in [0.2, 0.25) is 11.1 Å². The van der Waals surface area contributed by atoms with E-state index in [4.69, 9.17) is 0 Å². The largest absolute Gasteiger partial charge is 0.337 e. The van der Waals surface area contributed by atoms with Gasteiger partial charge in [0.05, 0.1) is 27.7 Å². The summed E-state index contributed by atoms with van der Waals surface area (Å²) in [5, 5.41) is 17.7. The molecule has 0 spiro atoms. The van der Waals surface area contributed by atoms with Crippen molar-refractivity contribution in [1.29, 1.82) is 0 Å². The third kappa shape index (κ3) is 3.90. The molecule has 1 amide bonds. The maximum Gasteiger partial charge on any atom is 0.234 e. The lowest BCUT2D eigenvalue weighted by Crippen LogP contribution is -2.15. The van der Waals surface area contributed by atoms with Crippen molar-refractivity contribution >= 4 is 45.7 Å². The van der Waals surface area contributed by atoms with Crippen molar-refractivity contribution in [3.63, 3.8) is 0 Å². The third-order valence-corrected chi connectivity index (χ3v) is 6.80. The molecule has 3 aromatic heterocycles. The molecule has 0 bridgehead atoms. The van der Waals surface area contributed by atoms with Crippen molar-refractivity contribution in [2.45, 2.75) is 36.9 Å². The van der Waals surface area contributed by atoms with Gasteiger partial charge < -0.3 is 10.3 Å². The maximum atomic E-state index is 12.4. The highest BCUT2D eigenvalue weighted by Gasteiger charge is 2.22. The van der Waals surface area contributed by atoms with Crippen LogP contribution < -0.4 is 5.32 Å². The summed E-state index contributed by atoms with van der Waals surface area (Å²) >= 11 is 3.01. The lowest BCUT2D eigenvalue weighted by Gasteiger charge is -2.10. The van der Waals surface area contributed by atoms with Gasteiger partial charge in [0.25, 0.3) is 0 Å². The smallest absolute Gasteiger partial charge is 0.234 e. The predicted octanol–water partition coefficient (Wildman–Crippen LogP) is 4.12. The van der Waals surface area contributed by atoms with E-state index in [1.54, 1.807) is 11.3 Å². The number of hydrogen-bond donors (Lipinski definition) is 2. The van der Waals surface area contributed by atoms with E-state index in [1.807, 2.05) is 40.4 Å². The molecule has 148 valence electrons. The van der Waals surface area contributed by atoms with Crippen LogP contribution >= 0.6 is 23.1 Å². The highest BCUT2D eigenvalue weighted by Crippen LogP contribution is 2.31. The van der Waals surface area contributed by atoms with Gasteiger partial charge in [-0.25, -0.2) is 9.67 Å². The lowest BCUT2D eigenvalue weighted by atomic mass is 10.3. The number of nitrogens with one attached hydrogen (secondary N) is 2. The average molecular weight is 426 g/mol. The fourth-order valence-corrected chi connectivity index (χ4v) is 5.02. The van der Waals surface area contributed by atoms with Crippen LogP contribution in [-0.2, 0) is 4.79 Å². The van der Waals surface area contributed by atoms with E-state index < -0.39 is 0 Å². The second-order valence-electron chi connectivity index (χ2n) is 6.98. The van der Waals surface area contributed by atoms with Crippen molar-refractivity contribution in [3.05, 3.63) is 35.7 Å². The van der Waals surface area contributed by atoms with Crippen molar-refractivity contribution in [2.24, 2.45) is 0 Å². The van der Waals surface area contributed by atoms with Crippen LogP contribution in [0.15, 0.2) is 40.9 Å². The van der Waals surface area contributed by atoms with E-state index in [0.717, 1.165) is 40.3 Å². The SMILES string of the molecule is O=C(CSc1nnnn1C1CCCC1)Nc1ccc2nc(-c3cccs3)[nH]c2c1. The Hall–Kier alpha value is -2.72. The average Bonchev–Trinajstić information content (AvgIpc) is 3.52. The van der Waals surface area contributed by atoms with Crippen LogP contribution in [0.25, 0.3) is 21.7 Å². The highest BCUT2D eigenvalue weighted by atomic mass is 32.2. The first kappa shape index (κ1) is 18.3. The lowest BCUT2D eigenvalue weighted by molar-refractivity contribution is -0.113. The minimum atomic E-state index is -0.0895. The normalized spacial score (nSPS) is 14.6. The van der Waals surface area contributed by atoms with Crippen LogP contribution in [0.1, 0.15) is 31.7 Å². The van der Waals surface area contributed by atoms with Crippen molar-refractivity contribution in [1.82, 2.24) is 30.2 Å².